The zero-order valence-corrected chi connectivity index (χ0v) is 18.8. The van der Waals surface area contributed by atoms with Crippen molar-refractivity contribution in [1.82, 2.24) is 9.55 Å². The number of rotatable bonds is 10. The van der Waals surface area contributed by atoms with Gasteiger partial charge in [0.25, 0.3) is 0 Å². The third-order valence-corrected chi connectivity index (χ3v) is 6.72. The van der Waals surface area contributed by atoms with Gasteiger partial charge in [0.15, 0.2) is 6.23 Å². The summed E-state index contributed by atoms with van der Waals surface area (Å²) in [4.78, 5) is 34.7. The van der Waals surface area contributed by atoms with Crippen LogP contribution in [0.2, 0.25) is 0 Å². The molecule has 15 nitrogen and oxygen atoms in total. The van der Waals surface area contributed by atoms with Gasteiger partial charge >= 0.3 is 21.3 Å². The number of hydrogen-bond donors (Lipinski definition) is 5. The van der Waals surface area contributed by atoms with Gasteiger partial charge in [0.05, 0.1) is 27.7 Å². The lowest BCUT2D eigenvalue weighted by Gasteiger charge is -2.24. The fourth-order valence-electron chi connectivity index (χ4n) is 2.49. The second kappa shape index (κ2) is 9.73. The minimum absolute atomic E-state index is 0.0652. The Hall–Kier alpha value is -1.22. The van der Waals surface area contributed by atoms with E-state index in [1.54, 1.807) is 21.1 Å². The van der Waals surface area contributed by atoms with Crippen molar-refractivity contribution in [3.05, 3.63) is 22.7 Å². The van der Waals surface area contributed by atoms with Gasteiger partial charge in [-0.15, -0.1) is 0 Å². The van der Waals surface area contributed by atoms with Crippen LogP contribution in [0.3, 0.4) is 0 Å². The number of anilines is 1. The van der Waals surface area contributed by atoms with E-state index in [-0.39, 0.29) is 12.4 Å². The van der Waals surface area contributed by atoms with Crippen molar-refractivity contribution in [1.29, 1.82) is 0 Å². The van der Waals surface area contributed by atoms with Gasteiger partial charge in [-0.1, -0.05) is 0 Å². The molecule has 1 fully saturated rings. The van der Waals surface area contributed by atoms with E-state index >= 15 is 0 Å². The Bertz CT molecular complexity index is 920. The summed E-state index contributed by atoms with van der Waals surface area (Å²) in [5.74, 6) is -0.0652. The summed E-state index contributed by atoms with van der Waals surface area (Å²) in [6, 6.07) is 1.26. The van der Waals surface area contributed by atoms with E-state index in [0.29, 0.717) is 11.0 Å². The highest BCUT2D eigenvalue weighted by atomic mass is 31.3. The van der Waals surface area contributed by atoms with Crippen LogP contribution in [0.1, 0.15) is 6.23 Å². The van der Waals surface area contributed by atoms with Crippen LogP contribution in [0, 0.1) is 0 Å². The highest BCUT2D eigenvalue weighted by molar-refractivity contribution is 7.61. The largest absolute Gasteiger partial charge is 0.481 e. The standard InChI is InChI=1S/C14H26N4O11P2/c1-18(2,3)6-7-26-30(22,23)29-31(24,25)27-8-9-11(19)12(20)13(28-9)17-5-4-10(15)16-14(17)21/h4-5,9,11-13,19-20H,6-8H2,1-3H3,(H3-,15,16,21,22,23,24,25)/p+1/t9-,11-,12-,13?/m1/s1. The molecule has 178 valence electrons. The molecule has 0 aromatic carbocycles. The molecule has 1 aromatic heterocycles. The number of aliphatic hydroxyl groups excluding tert-OH is 2. The second-order valence-corrected chi connectivity index (χ2v) is 10.8. The van der Waals surface area contributed by atoms with Crippen molar-refractivity contribution >= 4 is 21.5 Å². The molecule has 0 aliphatic carbocycles. The zero-order valence-electron chi connectivity index (χ0n) is 17.0. The number of nitrogens with zero attached hydrogens (tertiary/aromatic N) is 3. The molecule has 17 heteroatoms. The van der Waals surface area contributed by atoms with Gasteiger partial charge in [0.1, 0.15) is 37.3 Å². The maximum Gasteiger partial charge on any atom is 0.481 e. The van der Waals surface area contributed by atoms with Crippen LogP contribution in [0.15, 0.2) is 17.1 Å². The Morgan fingerprint density at radius 2 is 1.81 bits per heavy atom. The molecule has 0 saturated carbocycles. The number of phosphoric acid groups is 2. The fourth-order valence-corrected chi connectivity index (χ4v) is 4.56. The molecule has 3 unspecified atom stereocenters. The Kier molecular flexibility index (Phi) is 8.17. The number of phosphoric ester groups is 2. The van der Waals surface area contributed by atoms with E-state index < -0.39 is 52.5 Å². The monoisotopic (exact) mass is 489 g/mol. The van der Waals surface area contributed by atoms with Crippen molar-refractivity contribution in [2.75, 3.05) is 46.6 Å². The number of nitrogens with two attached hydrogens (primary N) is 1. The summed E-state index contributed by atoms with van der Waals surface area (Å²) < 4.78 is 43.9. The molecule has 6 atom stereocenters. The van der Waals surface area contributed by atoms with Gasteiger partial charge in [-0.25, -0.2) is 13.9 Å². The molecular weight excluding hydrogens is 462 g/mol. The number of aromatic nitrogens is 2. The molecule has 31 heavy (non-hydrogen) atoms. The number of aliphatic hydroxyl groups is 2. The Morgan fingerprint density at radius 3 is 2.39 bits per heavy atom. The lowest BCUT2D eigenvalue weighted by atomic mass is 10.1. The lowest BCUT2D eigenvalue weighted by molar-refractivity contribution is -0.870. The first-order chi connectivity index (χ1) is 14.1. The van der Waals surface area contributed by atoms with Gasteiger partial charge in [0, 0.05) is 6.20 Å². The molecule has 1 aromatic rings. The molecule has 2 heterocycles. The second-order valence-electron chi connectivity index (χ2n) is 7.75. The molecule has 1 aliphatic rings. The SMILES string of the molecule is C[N+](C)(C)CCOP(=O)(O)OP(=O)(O)OC[C@H]1OC(n2ccc(N)nc2=O)[C@H](O)[C@@H]1O. The molecule has 0 bridgehead atoms. The summed E-state index contributed by atoms with van der Waals surface area (Å²) >= 11 is 0. The van der Waals surface area contributed by atoms with E-state index in [4.69, 9.17) is 10.5 Å². The molecule has 0 spiro atoms. The van der Waals surface area contributed by atoms with Gasteiger partial charge in [0.2, 0.25) is 0 Å². The first-order valence-electron chi connectivity index (χ1n) is 8.93. The molecule has 1 aliphatic heterocycles. The van der Waals surface area contributed by atoms with Crippen molar-refractivity contribution in [3.63, 3.8) is 0 Å². The fraction of sp³-hybridized carbons (Fsp3) is 0.714. The van der Waals surface area contributed by atoms with Crippen LogP contribution in [-0.2, 0) is 27.2 Å². The molecule has 0 amide bonds. The minimum atomic E-state index is -5.11. The summed E-state index contributed by atoms with van der Waals surface area (Å²) in [6.07, 6.45) is -4.82. The maximum atomic E-state index is 12.0. The van der Waals surface area contributed by atoms with Crippen LogP contribution in [0.5, 0.6) is 0 Å². The van der Waals surface area contributed by atoms with Gasteiger partial charge in [-0.3, -0.25) is 13.6 Å². The molecular formula is C14H27N4O11P2+. The van der Waals surface area contributed by atoms with Crippen LogP contribution in [-0.4, -0.2) is 93.2 Å². The minimum Gasteiger partial charge on any atom is -0.387 e. The zero-order chi connectivity index (χ0) is 23.6. The average Bonchev–Trinajstić information content (AvgIpc) is 2.86. The number of hydrogen-bond acceptors (Lipinski definition) is 11. The Balaban J connectivity index is 1.96. The summed E-state index contributed by atoms with van der Waals surface area (Å²) in [6.45, 7) is -0.746. The smallest absolute Gasteiger partial charge is 0.387 e. The lowest BCUT2D eigenvalue weighted by Crippen LogP contribution is -2.37. The number of ether oxygens (including phenoxy) is 1. The van der Waals surface area contributed by atoms with E-state index in [0.717, 1.165) is 4.57 Å². The van der Waals surface area contributed by atoms with E-state index in [2.05, 4.69) is 18.3 Å². The van der Waals surface area contributed by atoms with E-state index in [1.165, 1.54) is 12.3 Å². The number of likely N-dealkylation sites (N-methyl/N-ethyl adjacent to an activating group) is 1. The summed E-state index contributed by atoms with van der Waals surface area (Å²) in [5, 5.41) is 20.2. The molecule has 6 N–H and O–H groups in total. The van der Waals surface area contributed by atoms with Gasteiger partial charge in [-0.05, 0) is 6.07 Å². The van der Waals surface area contributed by atoms with E-state index in [9.17, 15) is 33.9 Å². The maximum absolute atomic E-state index is 12.0. The molecule has 0 radical (unpaired) electrons. The van der Waals surface area contributed by atoms with Crippen LogP contribution in [0.25, 0.3) is 0 Å². The van der Waals surface area contributed by atoms with Crippen LogP contribution >= 0.6 is 15.6 Å². The predicted octanol–water partition coefficient (Wildman–Crippen LogP) is -1.60. The topological polar surface area (TPSA) is 213 Å². The van der Waals surface area contributed by atoms with Crippen LogP contribution in [0.4, 0.5) is 5.82 Å². The highest BCUT2D eigenvalue weighted by Crippen LogP contribution is 2.60. The number of quaternary nitrogens is 1. The normalized spacial score (nSPS) is 28.2. The quantitative estimate of drug-likeness (QED) is 0.185. The number of nitrogen functional groups attached to an aromatic ring is 1. The van der Waals surface area contributed by atoms with Crippen molar-refractivity contribution < 1.29 is 51.7 Å². The van der Waals surface area contributed by atoms with E-state index in [1.807, 2.05) is 0 Å². The highest BCUT2D eigenvalue weighted by Gasteiger charge is 2.46. The van der Waals surface area contributed by atoms with Gasteiger partial charge < -0.3 is 35.0 Å². The summed E-state index contributed by atoms with van der Waals surface area (Å²) in [7, 11) is -4.64. The first kappa shape index (κ1) is 26.0. The van der Waals surface area contributed by atoms with Crippen LogP contribution < -0.4 is 11.4 Å². The predicted molar refractivity (Wildman–Crippen MR) is 104 cm³/mol. The Morgan fingerprint density at radius 1 is 1.19 bits per heavy atom. The third-order valence-electron chi connectivity index (χ3n) is 4.09. The van der Waals surface area contributed by atoms with Crippen molar-refractivity contribution in [2.45, 2.75) is 24.5 Å². The molecule has 1 saturated heterocycles. The van der Waals surface area contributed by atoms with Gasteiger partial charge in [-0.2, -0.15) is 9.29 Å². The average molecular weight is 489 g/mol. The summed E-state index contributed by atoms with van der Waals surface area (Å²) in [5.41, 5.74) is 4.53. The Labute approximate surface area is 177 Å². The van der Waals surface area contributed by atoms with Crippen molar-refractivity contribution in [2.24, 2.45) is 0 Å². The van der Waals surface area contributed by atoms with Crippen molar-refractivity contribution in [3.8, 4) is 0 Å². The first-order valence-corrected chi connectivity index (χ1v) is 11.9. The third kappa shape index (κ3) is 7.70. The molecule has 2 rings (SSSR count).